The molecule has 76 valence electrons. The van der Waals surface area contributed by atoms with Crippen molar-refractivity contribution in [2.24, 2.45) is 5.73 Å². The van der Waals surface area contributed by atoms with Crippen LogP contribution in [-0.4, -0.2) is 24.4 Å². The Morgan fingerprint density at radius 1 is 1.31 bits per heavy atom. The van der Waals surface area contributed by atoms with Crippen LogP contribution in [0, 0.1) is 0 Å². The number of carbonyl (C=O) groups excluding carboxylic acids is 2. The minimum atomic E-state index is -0.250. The van der Waals surface area contributed by atoms with Crippen molar-refractivity contribution in [3.8, 4) is 0 Å². The second kappa shape index (κ2) is 6.60. The van der Waals surface area contributed by atoms with Gasteiger partial charge in [0.05, 0.1) is 12.6 Å². The van der Waals surface area contributed by atoms with E-state index < -0.39 is 0 Å². The van der Waals surface area contributed by atoms with Gasteiger partial charge in [-0.25, -0.2) is 0 Å². The highest BCUT2D eigenvalue weighted by molar-refractivity contribution is 5.80. The summed E-state index contributed by atoms with van der Waals surface area (Å²) >= 11 is 0. The molecule has 0 aromatic heterocycles. The van der Waals surface area contributed by atoms with Crippen molar-refractivity contribution < 1.29 is 14.3 Å². The fraction of sp³-hybridized carbons (Fsp3) is 0.778. The van der Waals surface area contributed by atoms with E-state index in [2.05, 4.69) is 0 Å². The van der Waals surface area contributed by atoms with E-state index >= 15 is 0 Å². The van der Waals surface area contributed by atoms with Crippen LogP contribution >= 0.6 is 0 Å². The van der Waals surface area contributed by atoms with Crippen molar-refractivity contribution in [1.29, 1.82) is 0 Å². The maximum absolute atomic E-state index is 11.0. The molecule has 0 amide bonds. The highest BCUT2D eigenvalue weighted by atomic mass is 16.5. The zero-order chi connectivity index (χ0) is 10.3. The molecule has 0 unspecified atom stereocenters. The van der Waals surface area contributed by atoms with E-state index in [9.17, 15) is 9.59 Å². The summed E-state index contributed by atoms with van der Waals surface area (Å²) in [6.45, 7) is 3.64. The molecule has 4 nitrogen and oxygen atoms in total. The van der Waals surface area contributed by atoms with Gasteiger partial charge < -0.3 is 10.5 Å². The fourth-order valence-corrected chi connectivity index (χ4v) is 0.854. The molecule has 0 aliphatic heterocycles. The van der Waals surface area contributed by atoms with Gasteiger partial charge in [-0.1, -0.05) is 0 Å². The lowest BCUT2D eigenvalue weighted by atomic mass is 10.2. The molecule has 0 aliphatic carbocycles. The first-order chi connectivity index (χ1) is 6.06. The molecule has 0 aromatic rings. The second-order valence-electron chi connectivity index (χ2n) is 3.13. The minimum absolute atomic E-state index is 0.0163. The summed E-state index contributed by atoms with van der Waals surface area (Å²) in [5, 5.41) is 0. The van der Waals surface area contributed by atoms with Crippen LogP contribution in [-0.2, 0) is 14.3 Å². The van der Waals surface area contributed by atoms with E-state index in [-0.39, 0.29) is 24.4 Å². The van der Waals surface area contributed by atoms with Gasteiger partial charge in [-0.05, 0) is 20.3 Å². The molecule has 0 spiro atoms. The van der Waals surface area contributed by atoms with Gasteiger partial charge in [-0.3, -0.25) is 9.59 Å². The molecule has 4 heteroatoms. The third-order valence-corrected chi connectivity index (χ3v) is 1.43. The zero-order valence-electron chi connectivity index (χ0n) is 8.21. The molecule has 0 aromatic carbocycles. The predicted octanol–water partition coefficient (Wildman–Crippen LogP) is 0.636. The number of ketones is 1. The summed E-state index contributed by atoms with van der Waals surface area (Å²) in [5.41, 5.74) is 5.10. The summed E-state index contributed by atoms with van der Waals surface area (Å²) < 4.78 is 4.88. The molecule has 0 bridgehead atoms. The Bertz CT molecular complexity index is 178. The Balaban J connectivity index is 3.42. The van der Waals surface area contributed by atoms with Crippen LogP contribution < -0.4 is 5.73 Å². The van der Waals surface area contributed by atoms with E-state index in [4.69, 9.17) is 10.5 Å². The molecular weight excluding hydrogens is 170 g/mol. The van der Waals surface area contributed by atoms with Gasteiger partial charge in [0.25, 0.3) is 0 Å². The molecule has 0 saturated carbocycles. The molecule has 13 heavy (non-hydrogen) atoms. The van der Waals surface area contributed by atoms with Gasteiger partial charge in [-0.15, -0.1) is 0 Å². The Hall–Kier alpha value is -0.900. The van der Waals surface area contributed by atoms with E-state index in [1.807, 2.05) is 0 Å². The quantitative estimate of drug-likeness (QED) is 0.619. The van der Waals surface area contributed by atoms with E-state index in [0.29, 0.717) is 19.3 Å². The smallest absolute Gasteiger partial charge is 0.306 e. The van der Waals surface area contributed by atoms with Gasteiger partial charge >= 0.3 is 5.97 Å². The third kappa shape index (κ3) is 7.46. The average Bonchev–Trinajstić information content (AvgIpc) is 2.02. The number of hydrogen-bond donors (Lipinski definition) is 1. The third-order valence-electron chi connectivity index (χ3n) is 1.43. The molecule has 0 saturated heterocycles. The number of rotatable bonds is 6. The molecule has 0 aliphatic rings. The zero-order valence-corrected chi connectivity index (χ0v) is 8.21. The molecular formula is C9H17NO3. The normalized spacial score (nSPS) is 10.2. The summed E-state index contributed by atoms with van der Waals surface area (Å²) in [5.74, 6) is -0.267. The van der Waals surface area contributed by atoms with Crippen molar-refractivity contribution in [1.82, 2.24) is 0 Å². The highest BCUT2D eigenvalue weighted by Gasteiger charge is 2.06. The van der Waals surface area contributed by atoms with Crippen LogP contribution in [0.3, 0.4) is 0 Å². The van der Waals surface area contributed by atoms with Crippen LogP contribution in [0.2, 0.25) is 0 Å². The van der Waals surface area contributed by atoms with Crippen molar-refractivity contribution in [3.05, 3.63) is 0 Å². The Morgan fingerprint density at radius 3 is 2.38 bits per heavy atom. The fourth-order valence-electron chi connectivity index (χ4n) is 0.854. The summed E-state index contributed by atoms with van der Waals surface area (Å²) in [7, 11) is 0. The van der Waals surface area contributed by atoms with Crippen LogP contribution in [0.4, 0.5) is 0 Å². The van der Waals surface area contributed by atoms with E-state index in [0.717, 1.165) is 0 Å². The minimum Gasteiger partial charge on any atom is -0.463 e. The lowest BCUT2D eigenvalue weighted by Crippen LogP contribution is -2.15. The van der Waals surface area contributed by atoms with Crippen LogP contribution in [0.5, 0.6) is 0 Å². The monoisotopic (exact) mass is 187 g/mol. The molecule has 2 N–H and O–H groups in total. The number of Topliss-reactive ketones (excluding diaryl/α,β-unsaturated/α-hetero) is 1. The van der Waals surface area contributed by atoms with Crippen molar-refractivity contribution in [2.45, 2.75) is 39.2 Å². The average molecular weight is 187 g/mol. The first kappa shape index (κ1) is 12.1. The molecule has 0 fully saturated rings. The summed E-state index contributed by atoms with van der Waals surface area (Å²) in [4.78, 5) is 21.7. The molecule has 0 rings (SSSR count). The van der Waals surface area contributed by atoms with Crippen molar-refractivity contribution in [3.63, 3.8) is 0 Å². The van der Waals surface area contributed by atoms with Gasteiger partial charge in [0.15, 0.2) is 0 Å². The lowest BCUT2D eigenvalue weighted by Gasteiger charge is -2.06. The van der Waals surface area contributed by atoms with E-state index in [1.54, 1.807) is 13.8 Å². The number of nitrogens with two attached hydrogens (primary N) is 1. The van der Waals surface area contributed by atoms with E-state index in [1.165, 1.54) is 0 Å². The maximum Gasteiger partial charge on any atom is 0.306 e. The van der Waals surface area contributed by atoms with Crippen LogP contribution in [0.15, 0.2) is 0 Å². The largest absolute Gasteiger partial charge is 0.463 e. The molecule has 0 radical (unpaired) electrons. The first-order valence-electron chi connectivity index (χ1n) is 4.47. The summed E-state index contributed by atoms with van der Waals surface area (Å²) in [6, 6.07) is 0. The number of esters is 1. The summed E-state index contributed by atoms with van der Waals surface area (Å²) in [6.07, 6.45) is 1.10. The highest BCUT2D eigenvalue weighted by Crippen LogP contribution is 2.00. The number of ether oxygens (including phenoxy) is 1. The van der Waals surface area contributed by atoms with Crippen molar-refractivity contribution in [2.75, 3.05) is 6.54 Å². The maximum atomic E-state index is 11.0. The van der Waals surface area contributed by atoms with Crippen molar-refractivity contribution >= 4 is 11.8 Å². The van der Waals surface area contributed by atoms with Gasteiger partial charge in [-0.2, -0.15) is 0 Å². The van der Waals surface area contributed by atoms with Crippen LogP contribution in [0.25, 0.3) is 0 Å². The number of carbonyl (C=O) groups is 2. The second-order valence-corrected chi connectivity index (χ2v) is 3.13. The first-order valence-corrected chi connectivity index (χ1v) is 4.47. The Labute approximate surface area is 78.4 Å². The van der Waals surface area contributed by atoms with Crippen LogP contribution in [0.1, 0.15) is 33.1 Å². The Morgan fingerprint density at radius 2 is 1.92 bits per heavy atom. The van der Waals surface area contributed by atoms with Gasteiger partial charge in [0.2, 0.25) is 0 Å². The SMILES string of the molecule is CC(C)OC(=O)CCCC(=O)CN. The molecule has 0 heterocycles. The number of hydrogen-bond acceptors (Lipinski definition) is 4. The topological polar surface area (TPSA) is 69.4 Å². The lowest BCUT2D eigenvalue weighted by molar-refractivity contribution is -0.147. The standard InChI is InChI=1S/C9H17NO3/c1-7(2)13-9(12)5-3-4-8(11)6-10/h7H,3-6,10H2,1-2H3. The Kier molecular flexibility index (Phi) is 6.14. The predicted molar refractivity (Wildman–Crippen MR) is 49.1 cm³/mol. The molecule has 0 atom stereocenters. The van der Waals surface area contributed by atoms with Gasteiger partial charge in [0, 0.05) is 12.8 Å². The van der Waals surface area contributed by atoms with Gasteiger partial charge in [0.1, 0.15) is 5.78 Å².